The van der Waals surface area contributed by atoms with E-state index in [9.17, 15) is 19.7 Å². The lowest BCUT2D eigenvalue weighted by molar-refractivity contribution is -0.130. The standard InChI is InChI=1S/C10H11FN4O5/c11-7(18)6-4(16)5(17)10(20-6)15-2-14-3-8(15)12-1-13-9(3)19/h1-2,4-7,10,16-18H,(H,12,13,19)/t4-,5+,6-,7?,10+/m0/s1. The first-order chi connectivity index (χ1) is 9.50. The number of aliphatic hydroxyl groups is 3. The summed E-state index contributed by atoms with van der Waals surface area (Å²) in [5.74, 6) is -0.358. The molecule has 0 spiro atoms. The molecule has 4 N–H and O–H groups in total. The molecule has 9 nitrogen and oxygen atoms in total. The van der Waals surface area contributed by atoms with Crippen LogP contribution < -0.4 is 0 Å². The Balaban J connectivity index is 2.02. The minimum atomic E-state index is -2.44. The van der Waals surface area contributed by atoms with E-state index in [2.05, 4.69) is 15.0 Å². The number of nitrogens with zero attached hydrogens (tertiary/aromatic N) is 4. The zero-order chi connectivity index (χ0) is 14.4. The molecule has 5 atom stereocenters. The molecule has 0 aliphatic carbocycles. The van der Waals surface area contributed by atoms with E-state index in [-0.39, 0.29) is 17.0 Å². The van der Waals surface area contributed by atoms with Crippen LogP contribution >= 0.6 is 0 Å². The molecule has 0 saturated carbocycles. The van der Waals surface area contributed by atoms with Crippen molar-refractivity contribution in [3.8, 4) is 5.88 Å². The fourth-order valence-corrected chi connectivity index (χ4v) is 2.17. The van der Waals surface area contributed by atoms with Gasteiger partial charge in [-0.25, -0.2) is 14.4 Å². The van der Waals surface area contributed by atoms with E-state index < -0.39 is 30.9 Å². The number of ether oxygens (including phenoxy) is 1. The van der Waals surface area contributed by atoms with Crippen LogP contribution in [0.2, 0.25) is 0 Å². The van der Waals surface area contributed by atoms with Crippen molar-refractivity contribution >= 4 is 11.2 Å². The van der Waals surface area contributed by atoms with E-state index in [1.807, 2.05) is 0 Å². The van der Waals surface area contributed by atoms with Crippen molar-refractivity contribution in [2.24, 2.45) is 0 Å². The predicted octanol–water partition coefficient (Wildman–Crippen LogP) is -1.56. The highest BCUT2D eigenvalue weighted by atomic mass is 19.1. The highest BCUT2D eigenvalue weighted by Gasteiger charge is 2.47. The molecule has 2 aromatic rings. The first kappa shape index (κ1) is 13.1. The number of hydrogen-bond donors (Lipinski definition) is 4. The quantitative estimate of drug-likeness (QED) is 0.521. The second kappa shape index (κ2) is 4.59. The molecule has 20 heavy (non-hydrogen) atoms. The third-order valence-corrected chi connectivity index (χ3v) is 3.16. The van der Waals surface area contributed by atoms with E-state index >= 15 is 0 Å². The van der Waals surface area contributed by atoms with Gasteiger partial charge in [0.2, 0.25) is 12.2 Å². The Morgan fingerprint density at radius 3 is 2.65 bits per heavy atom. The molecule has 0 aromatic carbocycles. The van der Waals surface area contributed by atoms with Gasteiger partial charge >= 0.3 is 0 Å². The van der Waals surface area contributed by atoms with Crippen LogP contribution in [-0.4, -0.2) is 64.6 Å². The van der Waals surface area contributed by atoms with Crippen LogP contribution in [0.15, 0.2) is 12.7 Å². The molecule has 1 unspecified atom stereocenters. The first-order valence-corrected chi connectivity index (χ1v) is 5.71. The molecule has 1 fully saturated rings. The normalized spacial score (nSPS) is 31.8. The number of halogens is 1. The summed E-state index contributed by atoms with van der Waals surface area (Å²) >= 11 is 0. The lowest BCUT2D eigenvalue weighted by atomic mass is 10.1. The van der Waals surface area contributed by atoms with Gasteiger partial charge in [-0.3, -0.25) is 4.57 Å². The summed E-state index contributed by atoms with van der Waals surface area (Å²) in [5, 5.41) is 37.9. The van der Waals surface area contributed by atoms with E-state index in [1.54, 1.807) is 0 Å². The average molecular weight is 286 g/mol. The number of aliphatic hydroxyl groups excluding tert-OH is 3. The number of alkyl halides is 1. The van der Waals surface area contributed by atoms with Crippen molar-refractivity contribution in [2.45, 2.75) is 30.9 Å². The minimum Gasteiger partial charge on any atom is -0.492 e. The Morgan fingerprint density at radius 1 is 1.25 bits per heavy atom. The Bertz CT molecular complexity index is 635. The number of aromatic nitrogens is 4. The number of fused-ring (bicyclic) bond motifs is 1. The van der Waals surface area contributed by atoms with Crippen LogP contribution in [0.5, 0.6) is 5.88 Å². The molecular formula is C10H11FN4O5. The molecular weight excluding hydrogens is 275 g/mol. The molecule has 0 bridgehead atoms. The molecule has 10 heteroatoms. The van der Waals surface area contributed by atoms with Gasteiger partial charge < -0.3 is 25.2 Å². The Morgan fingerprint density at radius 2 is 2.00 bits per heavy atom. The van der Waals surface area contributed by atoms with Gasteiger partial charge in [-0.1, -0.05) is 0 Å². The monoisotopic (exact) mass is 286 g/mol. The topological polar surface area (TPSA) is 134 Å². The van der Waals surface area contributed by atoms with Crippen LogP contribution in [0.4, 0.5) is 4.39 Å². The molecule has 0 amide bonds. The Labute approximate surface area is 110 Å². The van der Waals surface area contributed by atoms with Gasteiger partial charge in [0.15, 0.2) is 17.4 Å². The highest BCUT2D eigenvalue weighted by Crippen LogP contribution is 2.33. The largest absolute Gasteiger partial charge is 0.492 e. The summed E-state index contributed by atoms with van der Waals surface area (Å²) in [6.07, 6.45) is -6.03. The molecule has 2 aromatic heterocycles. The second-order valence-electron chi connectivity index (χ2n) is 4.37. The molecule has 0 radical (unpaired) electrons. The maximum absolute atomic E-state index is 12.9. The van der Waals surface area contributed by atoms with Gasteiger partial charge in [-0.15, -0.1) is 0 Å². The number of rotatable bonds is 2. The van der Waals surface area contributed by atoms with Gasteiger partial charge in [-0.05, 0) is 0 Å². The predicted molar refractivity (Wildman–Crippen MR) is 60.0 cm³/mol. The van der Waals surface area contributed by atoms with Crippen LogP contribution in [0.3, 0.4) is 0 Å². The molecule has 3 heterocycles. The number of hydrogen-bond acceptors (Lipinski definition) is 8. The summed E-state index contributed by atoms with van der Waals surface area (Å²) in [6, 6.07) is 0. The third kappa shape index (κ3) is 1.81. The summed E-state index contributed by atoms with van der Waals surface area (Å²) in [6.45, 7) is 0. The fraction of sp³-hybridized carbons (Fsp3) is 0.500. The van der Waals surface area contributed by atoms with Crippen molar-refractivity contribution < 1.29 is 29.6 Å². The van der Waals surface area contributed by atoms with Crippen molar-refractivity contribution in [3.05, 3.63) is 12.7 Å². The van der Waals surface area contributed by atoms with E-state index in [0.29, 0.717) is 0 Å². The van der Waals surface area contributed by atoms with Crippen molar-refractivity contribution in [1.82, 2.24) is 19.5 Å². The van der Waals surface area contributed by atoms with Crippen LogP contribution in [0.1, 0.15) is 6.23 Å². The second-order valence-corrected chi connectivity index (χ2v) is 4.37. The molecule has 108 valence electrons. The molecule has 3 rings (SSSR count). The lowest BCUT2D eigenvalue weighted by Gasteiger charge is -2.16. The zero-order valence-corrected chi connectivity index (χ0v) is 9.91. The summed E-state index contributed by atoms with van der Waals surface area (Å²) < 4.78 is 19.2. The SMILES string of the molecule is Oc1ncnc2c1ncn2[C@@H]1O[C@H](C(O)F)[C@@H](O)[C@H]1O. The molecule has 1 aliphatic heterocycles. The maximum Gasteiger partial charge on any atom is 0.242 e. The van der Waals surface area contributed by atoms with E-state index in [4.69, 9.17) is 9.84 Å². The van der Waals surface area contributed by atoms with Gasteiger partial charge in [0, 0.05) is 0 Å². The Hall–Kier alpha value is -1.88. The van der Waals surface area contributed by atoms with E-state index in [0.717, 1.165) is 6.33 Å². The maximum atomic E-state index is 12.9. The van der Waals surface area contributed by atoms with Crippen LogP contribution in [-0.2, 0) is 4.74 Å². The van der Waals surface area contributed by atoms with Gasteiger partial charge in [-0.2, -0.15) is 4.98 Å². The summed E-state index contributed by atoms with van der Waals surface area (Å²) in [7, 11) is 0. The van der Waals surface area contributed by atoms with Gasteiger partial charge in [0.1, 0.15) is 24.6 Å². The first-order valence-electron chi connectivity index (χ1n) is 5.71. The minimum absolute atomic E-state index is 0.0713. The lowest BCUT2D eigenvalue weighted by Crippen LogP contribution is -2.36. The highest BCUT2D eigenvalue weighted by molar-refractivity contribution is 5.75. The third-order valence-electron chi connectivity index (χ3n) is 3.16. The van der Waals surface area contributed by atoms with Crippen molar-refractivity contribution in [3.63, 3.8) is 0 Å². The van der Waals surface area contributed by atoms with E-state index in [1.165, 1.54) is 10.9 Å². The fourth-order valence-electron chi connectivity index (χ4n) is 2.17. The average Bonchev–Trinajstić information content (AvgIpc) is 2.94. The zero-order valence-electron chi connectivity index (χ0n) is 9.91. The Kier molecular flexibility index (Phi) is 3.01. The molecule has 1 aliphatic rings. The van der Waals surface area contributed by atoms with Crippen molar-refractivity contribution in [1.29, 1.82) is 0 Å². The van der Waals surface area contributed by atoms with Crippen LogP contribution in [0, 0.1) is 0 Å². The molecule has 1 saturated heterocycles. The number of aromatic hydroxyl groups is 1. The van der Waals surface area contributed by atoms with Crippen LogP contribution in [0.25, 0.3) is 11.2 Å². The van der Waals surface area contributed by atoms with Gasteiger partial charge in [0.25, 0.3) is 0 Å². The number of imidazole rings is 1. The summed E-state index contributed by atoms with van der Waals surface area (Å²) in [4.78, 5) is 11.3. The van der Waals surface area contributed by atoms with Crippen molar-refractivity contribution in [2.75, 3.05) is 0 Å². The van der Waals surface area contributed by atoms with Gasteiger partial charge in [0.05, 0.1) is 6.33 Å². The summed E-state index contributed by atoms with van der Waals surface area (Å²) in [5.41, 5.74) is 0.213. The smallest absolute Gasteiger partial charge is 0.242 e.